The lowest BCUT2D eigenvalue weighted by atomic mass is 9.89. The molecule has 0 unspecified atom stereocenters. The molecule has 0 saturated carbocycles. The molecular weight excluding hydrogens is 487 g/mol. The second-order valence-corrected chi connectivity index (χ2v) is 10.1. The van der Waals surface area contributed by atoms with Crippen LogP contribution in [0.1, 0.15) is 31.3 Å². The Morgan fingerprint density at radius 3 is 2.59 bits per heavy atom. The first-order chi connectivity index (χ1) is 17.8. The van der Waals surface area contributed by atoms with Crippen LogP contribution in [-0.4, -0.2) is 59.1 Å². The molecule has 1 fully saturated rings. The molecular formula is C28H35FN6OS. The van der Waals surface area contributed by atoms with E-state index in [1.807, 2.05) is 25.4 Å². The zero-order chi connectivity index (χ0) is 26.5. The van der Waals surface area contributed by atoms with E-state index < -0.39 is 0 Å². The van der Waals surface area contributed by atoms with Crippen molar-refractivity contribution < 1.29 is 9.18 Å². The Kier molecular flexibility index (Phi) is 8.56. The third kappa shape index (κ3) is 5.99. The fourth-order valence-electron chi connectivity index (χ4n) is 4.78. The molecule has 0 spiro atoms. The van der Waals surface area contributed by atoms with E-state index >= 15 is 0 Å². The van der Waals surface area contributed by atoms with E-state index in [0.717, 1.165) is 66.1 Å². The number of rotatable bonds is 9. The molecule has 1 aliphatic rings. The zero-order valence-electron chi connectivity index (χ0n) is 22.0. The molecule has 3 aromatic rings. The average Bonchev–Trinajstić information content (AvgIpc) is 3.52. The van der Waals surface area contributed by atoms with Gasteiger partial charge in [0.15, 0.2) is 5.13 Å². The van der Waals surface area contributed by atoms with Gasteiger partial charge >= 0.3 is 0 Å². The Hall–Kier alpha value is -3.30. The van der Waals surface area contributed by atoms with Crippen LogP contribution in [0.4, 0.5) is 15.3 Å². The zero-order valence-corrected chi connectivity index (χ0v) is 22.8. The maximum absolute atomic E-state index is 13.4. The normalized spacial score (nSPS) is 15.1. The van der Waals surface area contributed by atoms with E-state index in [1.165, 1.54) is 17.7 Å². The van der Waals surface area contributed by atoms with E-state index in [0.29, 0.717) is 12.5 Å². The summed E-state index contributed by atoms with van der Waals surface area (Å²) in [6.45, 7) is 10.4. The lowest BCUT2D eigenvalue weighted by molar-refractivity contribution is -0.122. The van der Waals surface area contributed by atoms with Gasteiger partial charge in [-0.1, -0.05) is 19.6 Å². The van der Waals surface area contributed by atoms with Gasteiger partial charge in [0.25, 0.3) is 0 Å². The van der Waals surface area contributed by atoms with Gasteiger partial charge in [-0.15, -0.1) is 11.3 Å². The maximum atomic E-state index is 13.4. The van der Waals surface area contributed by atoms with E-state index in [1.54, 1.807) is 30.5 Å². The smallest absolute Gasteiger partial charge is 0.233 e. The lowest BCUT2D eigenvalue weighted by Gasteiger charge is -2.32. The van der Waals surface area contributed by atoms with Crippen molar-refractivity contribution in [1.29, 1.82) is 0 Å². The summed E-state index contributed by atoms with van der Waals surface area (Å²) in [5, 5.41) is 5.54. The fourth-order valence-corrected chi connectivity index (χ4v) is 5.58. The quantitative estimate of drug-likeness (QED) is 0.388. The van der Waals surface area contributed by atoms with Gasteiger partial charge in [0.05, 0.1) is 17.9 Å². The minimum absolute atomic E-state index is 0.0523. The highest BCUT2D eigenvalue weighted by atomic mass is 32.1. The average molecular weight is 523 g/mol. The summed E-state index contributed by atoms with van der Waals surface area (Å²) in [5.41, 5.74) is 3.87. The van der Waals surface area contributed by atoms with E-state index in [4.69, 9.17) is 9.97 Å². The summed E-state index contributed by atoms with van der Waals surface area (Å²) in [6.07, 6.45) is 6.85. The highest BCUT2D eigenvalue weighted by Gasteiger charge is 2.24. The molecule has 1 saturated heterocycles. The van der Waals surface area contributed by atoms with Crippen LogP contribution >= 0.6 is 11.3 Å². The first-order valence-corrected chi connectivity index (χ1v) is 13.5. The second kappa shape index (κ2) is 11.8. The van der Waals surface area contributed by atoms with Gasteiger partial charge in [0.1, 0.15) is 17.5 Å². The third-order valence-corrected chi connectivity index (χ3v) is 7.84. The summed E-state index contributed by atoms with van der Waals surface area (Å²) < 4.78 is 15.5. The number of benzene rings is 1. The number of amides is 1. The summed E-state index contributed by atoms with van der Waals surface area (Å²) in [6, 6.07) is 6.41. The summed E-state index contributed by atoms with van der Waals surface area (Å²) in [4.78, 5) is 25.7. The minimum atomic E-state index is -0.259. The number of carbonyl (C=O) groups is 1. The molecule has 9 heteroatoms. The first-order valence-electron chi connectivity index (χ1n) is 12.6. The van der Waals surface area contributed by atoms with Crippen molar-refractivity contribution in [3.8, 4) is 11.3 Å². The number of hydrogen-bond acceptors (Lipinski definition) is 6. The number of thiazole rings is 1. The summed E-state index contributed by atoms with van der Waals surface area (Å²) >= 11 is 1.55. The maximum Gasteiger partial charge on any atom is 0.233 e. The topological polar surface area (TPSA) is 66.3 Å². The number of likely N-dealkylation sites (tertiary alicyclic amines) is 1. The minimum Gasteiger partial charge on any atom is -0.358 e. The predicted molar refractivity (Wildman–Crippen MR) is 150 cm³/mol. The van der Waals surface area contributed by atoms with Crippen molar-refractivity contribution in [2.75, 3.05) is 38.6 Å². The van der Waals surface area contributed by atoms with Gasteiger partial charge in [-0.05, 0) is 75.0 Å². The Balaban J connectivity index is 1.60. The SMILES string of the molecule is C=C/C(=C\n1c(C)nc(CC)c1N(C)c1nc(-c2ccc(F)cc2)cs1)C1CCN(CC(=O)NC)CC1. The summed E-state index contributed by atoms with van der Waals surface area (Å²) in [7, 11) is 3.69. The van der Waals surface area contributed by atoms with Gasteiger partial charge in [-0.2, -0.15) is 0 Å². The van der Waals surface area contributed by atoms with Gasteiger partial charge in [0.2, 0.25) is 5.91 Å². The third-order valence-electron chi connectivity index (χ3n) is 6.92. The molecule has 0 bridgehead atoms. The van der Waals surface area contributed by atoms with Crippen molar-refractivity contribution in [1.82, 2.24) is 24.8 Å². The summed E-state index contributed by atoms with van der Waals surface area (Å²) in [5.74, 6) is 2.05. The number of hydrogen-bond donors (Lipinski definition) is 1. The van der Waals surface area contributed by atoms with Crippen LogP contribution in [0, 0.1) is 18.7 Å². The van der Waals surface area contributed by atoms with Crippen LogP contribution in [0.25, 0.3) is 17.5 Å². The van der Waals surface area contributed by atoms with Crippen molar-refractivity contribution >= 4 is 34.4 Å². The molecule has 0 aliphatic carbocycles. The van der Waals surface area contributed by atoms with Crippen molar-refractivity contribution in [3.05, 3.63) is 65.2 Å². The Bertz CT molecular complexity index is 1270. The number of nitrogens with one attached hydrogen (secondary N) is 1. The molecule has 196 valence electrons. The molecule has 7 nitrogen and oxygen atoms in total. The van der Waals surface area contributed by atoms with Crippen molar-refractivity contribution in [2.24, 2.45) is 5.92 Å². The number of aromatic nitrogens is 3. The highest BCUT2D eigenvalue weighted by molar-refractivity contribution is 7.14. The number of piperidine rings is 1. The molecule has 3 heterocycles. The van der Waals surface area contributed by atoms with Gasteiger partial charge in [-0.3, -0.25) is 14.3 Å². The van der Waals surface area contributed by atoms with Crippen LogP contribution < -0.4 is 10.2 Å². The number of nitrogens with zero attached hydrogens (tertiary/aromatic N) is 5. The van der Waals surface area contributed by atoms with Crippen LogP contribution in [0.15, 0.2) is 47.9 Å². The lowest BCUT2D eigenvalue weighted by Crippen LogP contribution is -2.40. The Morgan fingerprint density at radius 2 is 1.97 bits per heavy atom. The molecule has 1 aliphatic heterocycles. The van der Waals surface area contributed by atoms with Gasteiger partial charge in [-0.25, -0.2) is 14.4 Å². The van der Waals surface area contributed by atoms with E-state index in [9.17, 15) is 9.18 Å². The Morgan fingerprint density at radius 1 is 1.27 bits per heavy atom. The van der Waals surface area contributed by atoms with E-state index in [-0.39, 0.29) is 11.7 Å². The standard InChI is InChI=1S/C28H35FN6OS/c1-6-20(21-12-14-34(15-13-21)17-26(36)30-4)16-35-19(3)31-24(7-2)27(35)33(5)28-32-25(18-37-28)22-8-10-23(29)11-9-22/h6,8-11,16,18,21H,1,7,12-15,17H2,2-5H3,(H,30,36)/b20-16+. The van der Waals surface area contributed by atoms with Crippen LogP contribution in [0.3, 0.4) is 0 Å². The van der Waals surface area contributed by atoms with E-state index in [2.05, 4.69) is 39.4 Å². The number of anilines is 2. The van der Waals surface area contributed by atoms with Crippen LogP contribution in [0.2, 0.25) is 0 Å². The second-order valence-electron chi connectivity index (χ2n) is 9.29. The molecule has 2 aromatic heterocycles. The number of halogens is 1. The van der Waals surface area contributed by atoms with Crippen LogP contribution in [0.5, 0.6) is 0 Å². The number of likely N-dealkylation sites (N-methyl/N-ethyl adjacent to an activating group) is 1. The number of allylic oxidation sites excluding steroid dienone is 2. The molecule has 4 rings (SSSR count). The highest BCUT2D eigenvalue weighted by Crippen LogP contribution is 2.35. The monoisotopic (exact) mass is 522 g/mol. The molecule has 1 N–H and O–H groups in total. The number of imidazole rings is 1. The molecule has 0 atom stereocenters. The van der Waals surface area contributed by atoms with Gasteiger partial charge < -0.3 is 10.2 Å². The van der Waals surface area contributed by atoms with Crippen molar-refractivity contribution in [2.45, 2.75) is 33.1 Å². The fraction of sp³-hybridized carbons (Fsp3) is 0.393. The molecule has 37 heavy (non-hydrogen) atoms. The number of aryl methyl sites for hydroxylation is 2. The van der Waals surface area contributed by atoms with Gasteiger partial charge in [0, 0.05) is 31.2 Å². The first kappa shape index (κ1) is 26.8. The molecule has 1 aromatic carbocycles. The van der Waals surface area contributed by atoms with Crippen molar-refractivity contribution in [3.63, 3.8) is 0 Å². The predicted octanol–water partition coefficient (Wildman–Crippen LogP) is 5.27. The number of carbonyl (C=O) groups excluding carboxylic acids is 1. The van der Waals surface area contributed by atoms with Crippen LogP contribution in [-0.2, 0) is 11.2 Å². The Labute approximate surface area is 222 Å². The largest absolute Gasteiger partial charge is 0.358 e. The molecule has 0 radical (unpaired) electrons. The molecule has 1 amide bonds.